The second-order valence-corrected chi connectivity index (χ2v) is 10.5. The van der Waals surface area contributed by atoms with Gasteiger partial charge in [-0.15, -0.1) is 11.3 Å². The molecule has 5 heterocycles. The number of hydrogen-bond donors (Lipinski definition) is 1. The number of piperidine rings is 1. The van der Waals surface area contributed by atoms with E-state index in [1.165, 1.54) is 11.3 Å². The first-order valence-corrected chi connectivity index (χ1v) is 13.1. The fourth-order valence-electron chi connectivity index (χ4n) is 4.56. The third kappa shape index (κ3) is 5.16. The van der Waals surface area contributed by atoms with Crippen molar-refractivity contribution < 1.29 is 14.1 Å². The molecule has 1 aliphatic heterocycles. The summed E-state index contributed by atoms with van der Waals surface area (Å²) in [5, 5.41) is 8.22. The van der Waals surface area contributed by atoms with Gasteiger partial charge >= 0.3 is 6.09 Å². The van der Waals surface area contributed by atoms with Gasteiger partial charge in [0.15, 0.2) is 5.76 Å². The quantitative estimate of drug-likeness (QED) is 0.302. The number of ether oxygens (including phenoxy) is 1. The van der Waals surface area contributed by atoms with Gasteiger partial charge in [0.1, 0.15) is 17.8 Å². The van der Waals surface area contributed by atoms with Crippen LogP contribution < -0.4 is 15.0 Å². The molecule has 1 fully saturated rings. The van der Waals surface area contributed by atoms with Gasteiger partial charge in [-0.1, -0.05) is 35.0 Å². The fourth-order valence-corrected chi connectivity index (χ4v) is 5.55. The highest BCUT2D eigenvalue weighted by Gasteiger charge is 2.23. The van der Waals surface area contributed by atoms with Crippen molar-refractivity contribution in [2.24, 2.45) is 0 Å². The Bertz CT molecular complexity index is 1520. The fraction of sp³-hybridized carbons (Fsp3) is 0.231. The molecular weight excluding hydrogens is 512 g/mol. The molecule has 1 amide bonds. The molecule has 1 aromatic carbocycles. The monoisotopic (exact) mass is 534 g/mol. The highest BCUT2D eigenvalue weighted by atomic mass is 35.5. The van der Waals surface area contributed by atoms with Crippen molar-refractivity contribution in [1.29, 1.82) is 0 Å². The van der Waals surface area contributed by atoms with E-state index in [0.29, 0.717) is 28.2 Å². The molecule has 1 saturated heterocycles. The molecule has 188 valence electrons. The third-order valence-corrected chi connectivity index (χ3v) is 7.62. The van der Waals surface area contributed by atoms with Crippen LogP contribution in [0.5, 0.6) is 5.88 Å². The predicted molar refractivity (Wildman–Crippen MR) is 142 cm³/mol. The van der Waals surface area contributed by atoms with Gasteiger partial charge in [0, 0.05) is 42.8 Å². The number of thiophene rings is 1. The molecule has 0 radical (unpaired) electrons. The molecule has 37 heavy (non-hydrogen) atoms. The van der Waals surface area contributed by atoms with E-state index in [4.69, 9.17) is 20.9 Å². The number of hydrogen-bond acceptors (Lipinski definition) is 8. The van der Waals surface area contributed by atoms with Crippen molar-refractivity contribution in [2.45, 2.75) is 25.4 Å². The molecule has 11 heteroatoms. The zero-order valence-electron chi connectivity index (χ0n) is 19.7. The minimum absolute atomic E-state index is 0.0270. The van der Waals surface area contributed by atoms with Gasteiger partial charge in [-0.2, -0.15) is 0 Å². The van der Waals surface area contributed by atoms with Crippen LogP contribution in [0.4, 0.5) is 10.6 Å². The van der Waals surface area contributed by atoms with Crippen molar-refractivity contribution in [3.63, 3.8) is 0 Å². The Kier molecular flexibility index (Phi) is 6.50. The van der Waals surface area contributed by atoms with E-state index in [1.807, 2.05) is 59.2 Å². The maximum absolute atomic E-state index is 12.9. The van der Waals surface area contributed by atoms with Gasteiger partial charge < -0.3 is 24.0 Å². The first-order chi connectivity index (χ1) is 18.1. The van der Waals surface area contributed by atoms with Gasteiger partial charge in [-0.05, 0) is 37.1 Å². The number of benzene rings is 1. The van der Waals surface area contributed by atoms with Crippen LogP contribution in [0.25, 0.3) is 21.5 Å². The minimum atomic E-state index is -0.474. The summed E-state index contributed by atoms with van der Waals surface area (Å²) in [5.41, 5.74) is 1.65. The summed E-state index contributed by atoms with van der Waals surface area (Å²) in [4.78, 5) is 24.3. The maximum atomic E-state index is 12.9. The van der Waals surface area contributed by atoms with E-state index in [9.17, 15) is 4.79 Å². The molecule has 0 spiro atoms. The normalized spacial score (nSPS) is 14.2. The Labute approximate surface area is 221 Å². The number of rotatable bonds is 6. The molecule has 9 nitrogen and oxygen atoms in total. The molecule has 6 rings (SSSR count). The Morgan fingerprint density at radius 1 is 1.16 bits per heavy atom. The van der Waals surface area contributed by atoms with Crippen molar-refractivity contribution in [2.75, 3.05) is 18.0 Å². The lowest BCUT2D eigenvalue weighted by Crippen LogP contribution is -2.45. The van der Waals surface area contributed by atoms with E-state index in [0.717, 1.165) is 47.5 Å². The topological polar surface area (TPSA) is 98.3 Å². The van der Waals surface area contributed by atoms with Crippen molar-refractivity contribution in [3.8, 4) is 16.5 Å². The lowest BCUT2D eigenvalue weighted by molar-refractivity contribution is 0.190. The number of carbonyl (C=O) groups excluding carboxylic acids is 1. The van der Waals surface area contributed by atoms with E-state index >= 15 is 0 Å². The summed E-state index contributed by atoms with van der Waals surface area (Å²) < 4.78 is 14.0. The molecule has 1 aliphatic rings. The molecular formula is C26H23ClN6O3S. The van der Waals surface area contributed by atoms with Crippen molar-refractivity contribution in [3.05, 3.63) is 77.2 Å². The van der Waals surface area contributed by atoms with Crippen molar-refractivity contribution >= 4 is 45.8 Å². The van der Waals surface area contributed by atoms with E-state index in [1.54, 1.807) is 12.5 Å². The first kappa shape index (κ1) is 23.5. The van der Waals surface area contributed by atoms with E-state index in [-0.39, 0.29) is 6.04 Å². The number of carbonyl (C=O) groups is 1. The zero-order chi connectivity index (χ0) is 25.2. The summed E-state index contributed by atoms with van der Waals surface area (Å²) >= 11 is 7.49. The first-order valence-electron chi connectivity index (χ1n) is 11.9. The molecule has 5 aromatic rings. The van der Waals surface area contributed by atoms with Crippen LogP contribution in [0, 0.1) is 0 Å². The number of nitrogens with zero attached hydrogens (tertiary/aromatic N) is 5. The van der Waals surface area contributed by atoms with Crippen molar-refractivity contribution in [1.82, 2.24) is 25.0 Å². The Morgan fingerprint density at radius 3 is 2.81 bits per heavy atom. The van der Waals surface area contributed by atoms with Crippen LogP contribution in [0.1, 0.15) is 18.5 Å². The summed E-state index contributed by atoms with van der Waals surface area (Å²) in [6.45, 7) is 1.98. The second-order valence-electron chi connectivity index (χ2n) is 8.78. The maximum Gasteiger partial charge on any atom is 0.414 e. The second kappa shape index (κ2) is 10.2. The highest BCUT2D eigenvalue weighted by Crippen LogP contribution is 2.32. The lowest BCUT2D eigenvalue weighted by Gasteiger charge is -2.32. The van der Waals surface area contributed by atoms with Crippen LogP contribution in [0.3, 0.4) is 0 Å². The number of nitrogens with one attached hydrogen (secondary N) is 1. The van der Waals surface area contributed by atoms with E-state index < -0.39 is 6.09 Å². The van der Waals surface area contributed by atoms with Gasteiger partial charge in [0.25, 0.3) is 0 Å². The molecule has 0 saturated carbocycles. The summed E-state index contributed by atoms with van der Waals surface area (Å²) in [7, 11) is 0. The number of para-hydroxylation sites is 1. The Balaban J connectivity index is 1.14. The van der Waals surface area contributed by atoms with Gasteiger partial charge in [0.05, 0.1) is 21.3 Å². The predicted octanol–water partition coefficient (Wildman–Crippen LogP) is 5.61. The molecule has 0 atom stereocenters. The van der Waals surface area contributed by atoms with Crippen LogP contribution in [-0.4, -0.2) is 44.9 Å². The van der Waals surface area contributed by atoms with Gasteiger partial charge in [-0.25, -0.2) is 14.8 Å². The standard InChI is InChI=1S/C26H23ClN6O3S/c27-23-6-5-22(37-23)21-14-19(31-36-21)15-33-20-4-2-1-3-17(20)13-25(33)35-26(34)30-18-8-11-32(12-9-18)24-7-10-28-16-29-24/h1-7,10,13-14,16,18H,8-9,11-12,15H2,(H,30,34). The third-order valence-electron chi connectivity index (χ3n) is 6.37. The zero-order valence-corrected chi connectivity index (χ0v) is 21.3. The van der Waals surface area contributed by atoms with E-state index in [2.05, 4.69) is 25.3 Å². The molecule has 0 unspecified atom stereocenters. The molecule has 1 N–H and O–H groups in total. The SMILES string of the molecule is O=C(NC1CCN(c2ccncn2)CC1)Oc1cc2ccccc2n1Cc1cc(-c2ccc(Cl)s2)on1. The lowest BCUT2D eigenvalue weighted by atomic mass is 10.1. The average Bonchev–Trinajstić information content (AvgIpc) is 3.65. The Morgan fingerprint density at radius 2 is 2.03 bits per heavy atom. The average molecular weight is 535 g/mol. The number of fused-ring (bicyclic) bond motifs is 1. The highest BCUT2D eigenvalue weighted by molar-refractivity contribution is 7.19. The summed E-state index contributed by atoms with van der Waals surface area (Å²) in [6, 6.07) is 17.3. The van der Waals surface area contributed by atoms with Crippen LogP contribution in [0.2, 0.25) is 4.34 Å². The van der Waals surface area contributed by atoms with Gasteiger partial charge in [-0.3, -0.25) is 0 Å². The van der Waals surface area contributed by atoms with Gasteiger partial charge in [0.2, 0.25) is 5.88 Å². The summed E-state index contributed by atoms with van der Waals surface area (Å²) in [5.74, 6) is 2.00. The smallest absolute Gasteiger partial charge is 0.393 e. The largest absolute Gasteiger partial charge is 0.414 e. The summed E-state index contributed by atoms with van der Waals surface area (Å²) in [6.07, 6.45) is 4.42. The van der Waals surface area contributed by atoms with Crippen LogP contribution in [-0.2, 0) is 6.54 Å². The molecule has 4 aromatic heterocycles. The minimum Gasteiger partial charge on any atom is -0.393 e. The number of halogens is 1. The van der Waals surface area contributed by atoms with Crippen LogP contribution >= 0.6 is 22.9 Å². The van der Waals surface area contributed by atoms with Crippen LogP contribution in [0.15, 0.2) is 71.6 Å². The molecule has 0 aliphatic carbocycles. The Hall–Kier alpha value is -3.89. The molecule has 0 bridgehead atoms. The number of aromatic nitrogens is 4. The number of amides is 1. The number of anilines is 1.